The van der Waals surface area contributed by atoms with Crippen molar-refractivity contribution >= 4 is 6.09 Å². The third-order valence-electron chi connectivity index (χ3n) is 3.18. The average Bonchev–Trinajstić information content (AvgIpc) is 2.92. The average molecular weight is 261 g/mol. The van der Waals surface area contributed by atoms with E-state index in [1.165, 1.54) is 0 Å². The smallest absolute Gasteiger partial charge is 0.410 e. The summed E-state index contributed by atoms with van der Waals surface area (Å²) in [7, 11) is 1.60. The number of carbonyl (C=O) groups is 1. The standard InChI is InChI=1S/C15H19NO3/c1-18-11-9-14-8-5-10-16(14)15(17)19-12-13-6-3-2-4-7-13/h2-4,6-7,9,11,14H,5,8,10,12H2,1H3/b11-9+. The number of amides is 1. The van der Waals surface area contributed by atoms with Gasteiger partial charge in [-0.25, -0.2) is 4.79 Å². The van der Waals surface area contributed by atoms with E-state index in [9.17, 15) is 4.79 Å². The topological polar surface area (TPSA) is 38.8 Å². The number of carbonyl (C=O) groups excluding carboxylic acids is 1. The first kappa shape index (κ1) is 13.5. The number of nitrogens with zero attached hydrogens (tertiary/aromatic N) is 1. The van der Waals surface area contributed by atoms with Crippen LogP contribution in [0.1, 0.15) is 18.4 Å². The van der Waals surface area contributed by atoms with E-state index in [0.717, 1.165) is 24.9 Å². The molecule has 2 rings (SSSR count). The van der Waals surface area contributed by atoms with Crippen molar-refractivity contribution in [3.05, 3.63) is 48.2 Å². The first-order chi connectivity index (χ1) is 9.31. The number of hydrogen-bond donors (Lipinski definition) is 0. The normalized spacial score (nSPS) is 18.8. The molecular weight excluding hydrogens is 242 g/mol. The van der Waals surface area contributed by atoms with Gasteiger partial charge >= 0.3 is 6.09 Å². The van der Waals surface area contributed by atoms with Crippen LogP contribution in [0.15, 0.2) is 42.7 Å². The molecule has 0 bridgehead atoms. The molecule has 0 aliphatic carbocycles. The Hall–Kier alpha value is -1.97. The lowest BCUT2D eigenvalue weighted by Gasteiger charge is -2.21. The van der Waals surface area contributed by atoms with Gasteiger partial charge in [-0.2, -0.15) is 0 Å². The van der Waals surface area contributed by atoms with Crippen LogP contribution in [-0.4, -0.2) is 30.7 Å². The number of hydrogen-bond acceptors (Lipinski definition) is 3. The van der Waals surface area contributed by atoms with Crippen molar-refractivity contribution in [2.75, 3.05) is 13.7 Å². The molecular formula is C15H19NO3. The predicted octanol–water partition coefficient (Wildman–Crippen LogP) is 2.95. The van der Waals surface area contributed by atoms with Crippen molar-refractivity contribution in [3.63, 3.8) is 0 Å². The van der Waals surface area contributed by atoms with Crippen LogP contribution in [0.25, 0.3) is 0 Å². The van der Waals surface area contributed by atoms with Crippen LogP contribution in [0.5, 0.6) is 0 Å². The lowest BCUT2D eigenvalue weighted by molar-refractivity contribution is 0.0972. The summed E-state index contributed by atoms with van der Waals surface area (Å²) >= 11 is 0. The van der Waals surface area contributed by atoms with Crippen molar-refractivity contribution in [1.29, 1.82) is 0 Å². The summed E-state index contributed by atoms with van der Waals surface area (Å²) in [6.07, 6.45) is 5.22. The minimum absolute atomic E-state index is 0.0863. The van der Waals surface area contributed by atoms with Gasteiger partial charge < -0.3 is 14.4 Å². The van der Waals surface area contributed by atoms with Gasteiger partial charge in [0.05, 0.1) is 19.4 Å². The summed E-state index contributed by atoms with van der Waals surface area (Å²) in [5.41, 5.74) is 0.999. The zero-order valence-corrected chi connectivity index (χ0v) is 11.1. The highest BCUT2D eigenvalue weighted by atomic mass is 16.6. The van der Waals surface area contributed by atoms with E-state index in [2.05, 4.69) is 0 Å². The van der Waals surface area contributed by atoms with Crippen LogP contribution in [-0.2, 0) is 16.1 Å². The molecule has 1 aromatic carbocycles. The molecule has 1 amide bonds. The number of ether oxygens (including phenoxy) is 2. The second-order valence-corrected chi connectivity index (χ2v) is 4.51. The lowest BCUT2D eigenvalue weighted by Crippen LogP contribution is -2.34. The van der Waals surface area contributed by atoms with E-state index < -0.39 is 0 Å². The Bertz CT molecular complexity index is 430. The fourth-order valence-electron chi connectivity index (χ4n) is 2.19. The maximum atomic E-state index is 12.0. The third-order valence-corrected chi connectivity index (χ3v) is 3.18. The molecule has 0 spiro atoms. The Morgan fingerprint density at radius 1 is 1.42 bits per heavy atom. The van der Waals surface area contributed by atoms with Crippen LogP contribution in [0.4, 0.5) is 4.79 Å². The zero-order chi connectivity index (χ0) is 13.5. The van der Waals surface area contributed by atoms with Gasteiger partial charge in [0.15, 0.2) is 0 Å². The van der Waals surface area contributed by atoms with Gasteiger partial charge in [0.2, 0.25) is 0 Å². The first-order valence-corrected chi connectivity index (χ1v) is 6.48. The first-order valence-electron chi connectivity index (χ1n) is 6.48. The van der Waals surface area contributed by atoms with Crippen molar-refractivity contribution in [1.82, 2.24) is 4.90 Å². The molecule has 1 unspecified atom stereocenters. The molecule has 1 saturated heterocycles. The molecule has 1 aliphatic heterocycles. The highest BCUT2D eigenvalue weighted by Crippen LogP contribution is 2.19. The van der Waals surface area contributed by atoms with Gasteiger partial charge in [-0.1, -0.05) is 30.3 Å². The van der Waals surface area contributed by atoms with Crippen molar-refractivity contribution in [2.24, 2.45) is 0 Å². The van der Waals surface area contributed by atoms with Crippen LogP contribution >= 0.6 is 0 Å². The number of likely N-dealkylation sites (tertiary alicyclic amines) is 1. The quantitative estimate of drug-likeness (QED) is 0.782. The van der Waals surface area contributed by atoms with Gasteiger partial charge in [0, 0.05) is 6.54 Å². The minimum atomic E-state index is -0.257. The van der Waals surface area contributed by atoms with Crippen molar-refractivity contribution in [3.8, 4) is 0 Å². The third kappa shape index (κ3) is 3.74. The van der Waals surface area contributed by atoms with Crippen LogP contribution in [0.3, 0.4) is 0 Å². The fourth-order valence-corrected chi connectivity index (χ4v) is 2.19. The van der Waals surface area contributed by atoms with E-state index in [0.29, 0.717) is 6.61 Å². The van der Waals surface area contributed by atoms with Crippen molar-refractivity contribution < 1.29 is 14.3 Å². The van der Waals surface area contributed by atoms with E-state index >= 15 is 0 Å². The maximum absolute atomic E-state index is 12.0. The Morgan fingerprint density at radius 2 is 2.21 bits per heavy atom. The molecule has 19 heavy (non-hydrogen) atoms. The van der Waals surface area contributed by atoms with Gasteiger partial charge in [-0.05, 0) is 24.5 Å². The Balaban J connectivity index is 1.87. The van der Waals surface area contributed by atoms with Crippen molar-refractivity contribution in [2.45, 2.75) is 25.5 Å². The van der Waals surface area contributed by atoms with E-state index in [4.69, 9.17) is 9.47 Å². The summed E-state index contributed by atoms with van der Waals surface area (Å²) in [5, 5.41) is 0. The Kier molecular flexibility index (Phi) is 4.84. The summed E-state index contributed by atoms with van der Waals surface area (Å²) < 4.78 is 10.2. The Labute approximate surface area is 113 Å². The number of rotatable bonds is 4. The number of benzene rings is 1. The molecule has 0 N–H and O–H groups in total. The zero-order valence-electron chi connectivity index (χ0n) is 11.1. The van der Waals surface area contributed by atoms with Gasteiger partial charge in [-0.3, -0.25) is 0 Å². The molecule has 1 atom stereocenters. The molecule has 0 saturated carbocycles. The molecule has 0 radical (unpaired) electrons. The monoisotopic (exact) mass is 261 g/mol. The fraction of sp³-hybridized carbons (Fsp3) is 0.400. The second-order valence-electron chi connectivity index (χ2n) is 4.51. The summed E-state index contributed by atoms with van der Waals surface area (Å²) in [6, 6.07) is 9.78. The summed E-state index contributed by atoms with van der Waals surface area (Å²) in [4.78, 5) is 13.8. The second kappa shape index (κ2) is 6.83. The highest BCUT2D eigenvalue weighted by Gasteiger charge is 2.28. The molecule has 1 fully saturated rings. The molecule has 1 aliphatic rings. The number of methoxy groups -OCH3 is 1. The van der Waals surface area contributed by atoms with Gasteiger partial charge in [0.25, 0.3) is 0 Å². The van der Waals surface area contributed by atoms with Gasteiger partial charge in [-0.15, -0.1) is 0 Å². The maximum Gasteiger partial charge on any atom is 0.410 e. The minimum Gasteiger partial charge on any atom is -0.505 e. The van der Waals surface area contributed by atoms with Crippen LogP contribution < -0.4 is 0 Å². The molecule has 4 heteroatoms. The van der Waals surface area contributed by atoms with Crippen LogP contribution in [0.2, 0.25) is 0 Å². The lowest BCUT2D eigenvalue weighted by atomic mass is 10.2. The predicted molar refractivity (Wildman–Crippen MR) is 72.5 cm³/mol. The summed E-state index contributed by atoms with van der Waals surface area (Å²) in [5.74, 6) is 0. The molecule has 1 heterocycles. The summed E-state index contributed by atoms with van der Waals surface area (Å²) in [6.45, 7) is 1.06. The molecule has 102 valence electrons. The largest absolute Gasteiger partial charge is 0.505 e. The Morgan fingerprint density at radius 3 is 2.95 bits per heavy atom. The molecule has 4 nitrogen and oxygen atoms in total. The molecule has 1 aromatic rings. The molecule has 0 aromatic heterocycles. The van der Waals surface area contributed by atoms with Gasteiger partial charge in [0.1, 0.15) is 6.61 Å². The van der Waals surface area contributed by atoms with E-state index in [1.54, 1.807) is 18.3 Å². The van der Waals surface area contributed by atoms with E-state index in [-0.39, 0.29) is 12.1 Å². The van der Waals surface area contributed by atoms with Crippen LogP contribution in [0, 0.1) is 0 Å². The SMILES string of the molecule is CO/C=C/C1CCCN1C(=O)OCc1ccccc1. The van der Waals surface area contributed by atoms with E-state index in [1.807, 2.05) is 36.4 Å². The highest BCUT2D eigenvalue weighted by molar-refractivity contribution is 5.68.